The van der Waals surface area contributed by atoms with E-state index < -0.39 is 9.84 Å². The maximum Gasteiger partial charge on any atom is 0.166 e. The summed E-state index contributed by atoms with van der Waals surface area (Å²) in [7, 11) is -3.03. The van der Waals surface area contributed by atoms with Crippen LogP contribution in [0.2, 0.25) is 0 Å². The maximum absolute atomic E-state index is 12.7. The van der Waals surface area contributed by atoms with Gasteiger partial charge in [0.25, 0.3) is 0 Å². The first kappa shape index (κ1) is 13.9. The minimum absolute atomic E-state index is 0.0108. The number of benzene rings is 1. The molecule has 6 nitrogen and oxygen atoms in total. The van der Waals surface area contributed by atoms with Crippen LogP contribution >= 0.6 is 0 Å². The molecule has 0 saturated carbocycles. The summed E-state index contributed by atoms with van der Waals surface area (Å²) in [6, 6.07) is 5.10. The van der Waals surface area contributed by atoms with Crippen molar-refractivity contribution in [3.05, 3.63) is 23.8 Å². The zero-order valence-electron chi connectivity index (χ0n) is 11.9. The number of hydrogen-bond donors (Lipinski definition) is 0. The largest absolute Gasteiger partial charge is 0.294 e. The zero-order chi connectivity index (χ0) is 15.3. The Labute approximate surface area is 127 Å². The Balaban J connectivity index is 1.63. The number of fused-ring (bicyclic) bond motifs is 3. The number of carbonyl (C=O) groups excluding carboxylic acids is 1. The lowest BCUT2D eigenvalue weighted by atomic mass is 9.84. The van der Waals surface area contributed by atoms with Gasteiger partial charge in [-0.25, -0.2) is 13.0 Å². The molecular weight excluding hydrogens is 304 g/mol. The molecule has 2 aliphatic rings. The van der Waals surface area contributed by atoms with E-state index in [9.17, 15) is 13.2 Å². The lowest BCUT2D eigenvalue weighted by Gasteiger charge is -2.38. The number of hydrogen-bond acceptors (Lipinski definition) is 6. The van der Waals surface area contributed by atoms with E-state index in [1.54, 1.807) is 18.2 Å². The third kappa shape index (κ3) is 2.06. The molecule has 116 valence electrons. The molecule has 2 saturated heterocycles. The van der Waals surface area contributed by atoms with Gasteiger partial charge in [0, 0.05) is 11.5 Å². The highest BCUT2D eigenvalue weighted by Gasteiger charge is 2.46. The van der Waals surface area contributed by atoms with Crippen LogP contribution in [-0.2, 0) is 9.84 Å². The standard InChI is InChI=1S/C15H16N2O4S/c18-15(9-4-5-13-14(8-9)17-21-16-13)10-6-11-2-1-3-12(7-10)22(11,19)20/h4-5,8,10-12H,1-3,6-7H2. The van der Waals surface area contributed by atoms with Crippen molar-refractivity contribution in [2.75, 3.05) is 0 Å². The van der Waals surface area contributed by atoms with Gasteiger partial charge in [-0.15, -0.1) is 0 Å². The lowest BCUT2D eigenvalue weighted by Crippen LogP contribution is -2.45. The van der Waals surface area contributed by atoms with Crippen LogP contribution in [0.4, 0.5) is 0 Å². The van der Waals surface area contributed by atoms with Gasteiger partial charge < -0.3 is 0 Å². The summed E-state index contributed by atoms with van der Waals surface area (Å²) < 4.78 is 29.2. The van der Waals surface area contributed by atoms with Gasteiger partial charge in [-0.2, -0.15) is 0 Å². The summed E-state index contributed by atoms with van der Waals surface area (Å²) >= 11 is 0. The van der Waals surface area contributed by atoms with Crippen LogP contribution in [0.25, 0.3) is 11.0 Å². The van der Waals surface area contributed by atoms with Crippen molar-refractivity contribution in [2.24, 2.45) is 5.92 Å². The Hall–Kier alpha value is -1.76. The number of aromatic nitrogens is 2. The second-order valence-electron chi connectivity index (χ2n) is 6.26. The van der Waals surface area contributed by atoms with E-state index in [0.717, 1.165) is 6.42 Å². The van der Waals surface area contributed by atoms with Crippen molar-refractivity contribution in [1.29, 1.82) is 0 Å². The van der Waals surface area contributed by atoms with Gasteiger partial charge in [0.15, 0.2) is 15.6 Å². The van der Waals surface area contributed by atoms with Gasteiger partial charge in [0.2, 0.25) is 0 Å². The van der Waals surface area contributed by atoms with E-state index in [0.29, 0.717) is 42.3 Å². The van der Waals surface area contributed by atoms with Crippen LogP contribution in [0, 0.1) is 5.92 Å². The predicted molar refractivity (Wildman–Crippen MR) is 79.2 cm³/mol. The molecule has 0 aliphatic carbocycles. The van der Waals surface area contributed by atoms with E-state index in [1.165, 1.54) is 0 Å². The minimum atomic E-state index is -3.03. The normalized spacial score (nSPS) is 30.3. The quantitative estimate of drug-likeness (QED) is 0.788. The Kier molecular flexibility index (Phi) is 3.07. The fraction of sp³-hybridized carbons (Fsp3) is 0.533. The maximum atomic E-state index is 12.7. The Morgan fingerprint density at radius 2 is 1.77 bits per heavy atom. The highest BCUT2D eigenvalue weighted by atomic mass is 32.2. The first-order valence-electron chi connectivity index (χ1n) is 7.55. The second kappa shape index (κ2) is 4.87. The van der Waals surface area contributed by atoms with E-state index in [2.05, 4.69) is 14.9 Å². The molecule has 1 aromatic heterocycles. The average molecular weight is 320 g/mol. The van der Waals surface area contributed by atoms with E-state index in [1.807, 2.05) is 0 Å². The molecule has 2 unspecified atom stereocenters. The van der Waals surface area contributed by atoms with Crippen molar-refractivity contribution in [3.8, 4) is 0 Å². The van der Waals surface area contributed by atoms with Crippen LogP contribution in [0.1, 0.15) is 42.5 Å². The minimum Gasteiger partial charge on any atom is -0.294 e. The number of rotatable bonds is 2. The van der Waals surface area contributed by atoms with E-state index in [4.69, 9.17) is 0 Å². The molecule has 0 radical (unpaired) electrons. The Bertz CT molecular complexity index is 822. The molecule has 2 bridgehead atoms. The molecule has 3 heterocycles. The van der Waals surface area contributed by atoms with Crippen LogP contribution in [0.3, 0.4) is 0 Å². The summed E-state index contributed by atoms with van der Waals surface area (Å²) in [6.07, 6.45) is 3.23. The van der Waals surface area contributed by atoms with Crippen molar-refractivity contribution in [1.82, 2.24) is 10.3 Å². The van der Waals surface area contributed by atoms with E-state index >= 15 is 0 Å². The molecule has 1 aromatic carbocycles. The molecule has 2 fully saturated rings. The molecule has 7 heteroatoms. The molecule has 2 atom stereocenters. The molecule has 0 spiro atoms. The second-order valence-corrected chi connectivity index (χ2v) is 8.78. The van der Waals surface area contributed by atoms with Gasteiger partial charge in [-0.05, 0) is 54.2 Å². The number of carbonyl (C=O) groups is 1. The third-order valence-corrected chi connectivity index (χ3v) is 7.70. The average Bonchev–Trinajstić information content (AvgIpc) is 2.92. The predicted octanol–water partition coefficient (Wildman–Crippen LogP) is 2.15. The van der Waals surface area contributed by atoms with Gasteiger partial charge in [-0.3, -0.25) is 4.79 Å². The summed E-state index contributed by atoms with van der Waals surface area (Å²) in [5, 5.41) is 6.79. The third-order valence-electron chi connectivity index (χ3n) is 4.99. The molecule has 2 aromatic rings. The van der Waals surface area contributed by atoms with Gasteiger partial charge in [-0.1, -0.05) is 6.42 Å². The van der Waals surface area contributed by atoms with Gasteiger partial charge in [0.1, 0.15) is 11.0 Å². The first-order chi connectivity index (χ1) is 10.6. The molecule has 2 aliphatic heterocycles. The smallest absolute Gasteiger partial charge is 0.166 e. The summed E-state index contributed by atoms with van der Waals surface area (Å²) in [4.78, 5) is 12.7. The Morgan fingerprint density at radius 1 is 1.09 bits per heavy atom. The summed E-state index contributed by atoms with van der Waals surface area (Å²) in [6.45, 7) is 0. The van der Waals surface area contributed by atoms with Crippen molar-refractivity contribution >= 4 is 26.7 Å². The van der Waals surface area contributed by atoms with Gasteiger partial charge >= 0.3 is 0 Å². The molecule has 4 rings (SSSR count). The van der Waals surface area contributed by atoms with Crippen LogP contribution < -0.4 is 0 Å². The van der Waals surface area contributed by atoms with Crippen molar-refractivity contribution < 1.29 is 17.8 Å². The SMILES string of the molecule is O=C(c1ccc2nonc2c1)C1CC2CCCC(C1)S2(=O)=O. The molecule has 0 amide bonds. The van der Waals surface area contributed by atoms with E-state index in [-0.39, 0.29) is 22.2 Å². The fourth-order valence-electron chi connectivity index (χ4n) is 3.79. The number of ketones is 1. The summed E-state index contributed by atoms with van der Waals surface area (Å²) in [5.74, 6) is -0.201. The zero-order valence-corrected chi connectivity index (χ0v) is 12.8. The molecule has 22 heavy (non-hydrogen) atoms. The highest BCUT2D eigenvalue weighted by Crippen LogP contribution is 2.40. The van der Waals surface area contributed by atoms with Crippen LogP contribution in [0.15, 0.2) is 22.8 Å². The molecular formula is C15H16N2O4S. The number of nitrogens with zero attached hydrogens (tertiary/aromatic N) is 2. The van der Waals surface area contributed by atoms with Crippen molar-refractivity contribution in [3.63, 3.8) is 0 Å². The topological polar surface area (TPSA) is 90.1 Å². The van der Waals surface area contributed by atoms with Gasteiger partial charge in [0.05, 0.1) is 10.5 Å². The number of Topliss-reactive ketones (excluding diaryl/α,β-unsaturated/α-hetero) is 1. The highest BCUT2D eigenvalue weighted by molar-refractivity contribution is 7.92. The number of sulfone groups is 1. The Morgan fingerprint density at radius 3 is 2.50 bits per heavy atom. The summed E-state index contributed by atoms with van der Waals surface area (Å²) in [5.41, 5.74) is 1.72. The lowest BCUT2D eigenvalue weighted by molar-refractivity contribution is 0.0894. The van der Waals surface area contributed by atoms with Crippen LogP contribution in [0.5, 0.6) is 0 Å². The monoisotopic (exact) mass is 320 g/mol. The first-order valence-corrected chi connectivity index (χ1v) is 9.16. The molecule has 0 N–H and O–H groups in total. The van der Waals surface area contributed by atoms with Crippen molar-refractivity contribution in [2.45, 2.75) is 42.6 Å². The fourth-order valence-corrected chi connectivity index (χ4v) is 6.33. The van der Waals surface area contributed by atoms with Crippen LogP contribution in [-0.4, -0.2) is 35.0 Å².